The summed E-state index contributed by atoms with van der Waals surface area (Å²) in [6.07, 6.45) is -19.6. The van der Waals surface area contributed by atoms with Gasteiger partial charge in [-0.2, -0.15) is 52.7 Å². The third-order valence-electron chi connectivity index (χ3n) is 3.38. The highest BCUT2D eigenvalue weighted by atomic mass is 19.4. The molecule has 1 heterocycles. The van der Waals surface area contributed by atoms with Gasteiger partial charge in [0.15, 0.2) is 0 Å². The molecule has 0 aliphatic carbocycles. The molecule has 0 aromatic heterocycles. The summed E-state index contributed by atoms with van der Waals surface area (Å²) < 4.78 is 151. The molecule has 1 saturated heterocycles. The molecule has 13 heteroatoms. The second-order valence-electron chi connectivity index (χ2n) is 5.04. The summed E-state index contributed by atoms with van der Waals surface area (Å²) in [5.41, 5.74) is -3.01. The predicted octanol–water partition coefficient (Wildman–Crippen LogP) is 5.20. The summed E-state index contributed by atoms with van der Waals surface area (Å²) in [4.78, 5) is -0.335. The second kappa shape index (κ2) is 6.21. The molecule has 0 bridgehead atoms. The molecule has 1 aliphatic rings. The lowest BCUT2D eigenvalue weighted by Crippen LogP contribution is -2.49. The van der Waals surface area contributed by atoms with Crippen molar-refractivity contribution in [1.82, 2.24) is 4.90 Å². The van der Waals surface area contributed by atoms with E-state index in [4.69, 9.17) is 0 Å². The molecule has 1 nitrogen and oxygen atoms in total. The maximum Gasteiger partial charge on any atom is 0.459 e. The molecule has 0 unspecified atom stereocenters. The predicted molar refractivity (Wildman–Crippen MR) is 55.5 cm³/mol. The Morgan fingerprint density at radius 3 is 1.46 bits per heavy atom. The fourth-order valence-corrected chi connectivity index (χ4v) is 2.17. The van der Waals surface area contributed by atoms with Crippen LogP contribution in [-0.2, 0) is 0 Å². The van der Waals surface area contributed by atoms with E-state index in [-0.39, 0.29) is 4.90 Å². The lowest BCUT2D eigenvalue weighted by molar-refractivity contribution is -0.274. The molecule has 0 aromatic carbocycles. The molecule has 0 N–H and O–H groups in total. The van der Waals surface area contributed by atoms with Crippen LogP contribution in [0, 0.1) is 5.92 Å². The highest BCUT2D eigenvalue weighted by Gasteiger charge is 2.65. The maximum absolute atomic E-state index is 13.3. The number of hydrogen-bond donors (Lipinski definition) is 0. The average molecular weight is 383 g/mol. The van der Waals surface area contributed by atoms with E-state index in [2.05, 4.69) is 0 Å². The van der Waals surface area contributed by atoms with E-state index in [1.54, 1.807) is 0 Å². The first-order valence-corrected chi connectivity index (χ1v) is 6.23. The van der Waals surface area contributed by atoms with E-state index in [0.717, 1.165) is 0 Å². The zero-order valence-corrected chi connectivity index (χ0v) is 11.4. The molecule has 1 rings (SSSR count). The van der Waals surface area contributed by atoms with Gasteiger partial charge in [-0.05, 0) is 12.8 Å². The van der Waals surface area contributed by atoms with Gasteiger partial charge >= 0.3 is 24.5 Å². The van der Waals surface area contributed by atoms with E-state index in [1.807, 2.05) is 0 Å². The Balaban J connectivity index is 3.25. The van der Waals surface area contributed by atoms with Gasteiger partial charge in [0.25, 0.3) is 0 Å². The van der Waals surface area contributed by atoms with Gasteiger partial charge in [0.1, 0.15) is 5.70 Å². The number of allylic oxidation sites excluding steroid dienone is 2. The highest BCUT2D eigenvalue weighted by Crippen LogP contribution is 2.48. The molecule has 1 aliphatic heterocycles. The van der Waals surface area contributed by atoms with Crippen LogP contribution in [0.15, 0.2) is 11.5 Å². The molecule has 0 saturated carbocycles. The Bertz CT molecular complexity index is 475. The van der Waals surface area contributed by atoms with Gasteiger partial charge in [-0.1, -0.05) is 0 Å². The molecule has 0 amide bonds. The normalized spacial score (nSPS) is 20.2. The molecular weight excluding hydrogens is 374 g/mol. The SMILES string of the molecule is F/C(=C(/N1CCC(C(F)(F)F)CC1)C(F)(F)C(F)(F)F)C(F)(F)F. The summed E-state index contributed by atoms with van der Waals surface area (Å²) in [5, 5.41) is 0. The zero-order chi connectivity index (χ0) is 19.1. The van der Waals surface area contributed by atoms with Gasteiger partial charge < -0.3 is 4.90 Å². The summed E-state index contributed by atoms with van der Waals surface area (Å²) >= 11 is 0. The van der Waals surface area contributed by atoms with Gasteiger partial charge in [-0.25, -0.2) is 0 Å². The third kappa shape index (κ3) is 4.21. The number of nitrogens with zero attached hydrogens (tertiary/aromatic N) is 1. The van der Waals surface area contributed by atoms with Crippen molar-refractivity contribution in [3.05, 3.63) is 11.5 Å². The Labute approximate surface area is 126 Å². The largest absolute Gasteiger partial charge is 0.459 e. The van der Waals surface area contributed by atoms with Crippen LogP contribution in [-0.4, -0.2) is 42.4 Å². The van der Waals surface area contributed by atoms with Crippen molar-refractivity contribution in [1.29, 1.82) is 0 Å². The Kier molecular flexibility index (Phi) is 5.37. The summed E-state index contributed by atoms with van der Waals surface area (Å²) in [6, 6.07) is 0. The van der Waals surface area contributed by atoms with Crippen molar-refractivity contribution in [2.45, 2.75) is 37.3 Å². The van der Waals surface area contributed by atoms with E-state index in [0.29, 0.717) is 0 Å². The molecule has 1 fully saturated rings. The van der Waals surface area contributed by atoms with Crippen LogP contribution in [0.4, 0.5) is 52.7 Å². The van der Waals surface area contributed by atoms with Crippen molar-refractivity contribution >= 4 is 0 Å². The molecule has 142 valence electrons. The highest BCUT2D eigenvalue weighted by molar-refractivity contribution is 5.22. The topological polar surface area (TPSA) is 3.24 Å². The van der Waals surface area contributed by atoms with Gasteiger partial charge in [0, 0.05) is 13.1 Å². The minimum absolute atomic E-state index is 0.335. The number of hydrogen-bond acceptors (Lipinski definition) is 1. The molecular formula is C11H9F12N. The zero-order valence-electron chi connectivity index (χ0n) is 11.4. The van der Waals surface area contributed by atoms with Crippen LogP contribution in [0.25, 0.3) is 0 Å². The van der Waals surface area contributed by atoms with Crippen molar-refractivity contribution in [3.63, 3.8) is 0 Å². The van der Waals surface area contributed by atoms with E-state index < -0.39 is 67.8 Å². The van der Waals surface area contributed by atoms with E-state index >= 15 is 0 Å². The molecule has 0 aromatic rings. The van der Waals surface area contributed by atoms with Crippen molar-refractivity contribution < 1.29 is 52.7 Å². The average Bonchev–Trinajstić information content (AvgIpc) is 2.35. The van der Waals surface area contributed by atoms with Crippen LogP contribution in [0.3, 0.4) is 0 Å². The number of rotatable bonds is 2. The fourth-order valence-electron chi connectivity index (χ4n) is 2.17. The monoisotopic (exact) mass is 383 g/mol. The first kappa shape index (κ1) is 20.7. The van der Waals surface area contributed by atoms with Crippen LogP contribution >= 0.6 is 0 Å². The number of likely N-dealkylation sites (tertiary alicyclic amines) is 1. The number of halogens is 12. The smallest absolute Gasteiger partial charge is 0.367 e. The van der Waals surface area contributed by atoms with E-state index in [9.17, 15) is 52.7 Å². The molecule has 0 radical (unpaired) electrons. The minimum Gasteiger partial charge on any atom is -0.367 e. The van der Waals surface area contributed by atoms with Crippen LogP contribution in [0.2, 0.25) is 0 Å². The lowest BCUT2D eigenvalue weighted by Gasteiger charge is -2.38. The first-order chi connectivity index (χ1) is 10.5. The fraction of sp³-hybridized carbons (Fsp3) is 0.818. The van der Waals surface area contributed by atoms with Crippen molar-refractivity contribution in [3.8, 4) is 0 Å². The Hall–Kier alpha value is -1.30. The number of alkyl halides is 11. The summed E-state index contributed by atoms with van der Waals surface area (Å²) in [7, 11) is 0. The van der Waals surface area contributed by atoms with Crippen molar-refractivity contribution in [2.24, 2.45) is 5.92 Å². The van der Waals surface area contributed by atoms with Crippen LogP contribution in [0.1, 0.15) is 12.8 Å². The van der Waals surface area contributed by atoms with Gasteiger partial charge in [-0.15, -0.1) is 0 Å². The van der Waals surface area contributed by atoms with Gasteiger partial charge in [0.05, 0.1) is 5.92 Å². The van der Waals surface area contributed by atoms with Crippen LogP contribution in [0.5, 0.6) is 0 Å². The van der Waals surface area contributed by atoms with E-state index in [1.165, 1.54) is 0 Å². The Morgan fingerprint density at radius 2 is 1.17 bits per heavy atom. The lowest BCUT2D eigenvalue weighted by atomic mass is 9.95. The van der Waals surface area contributed by atoms with Crippen LogP contribution < -0.4 is 0 Å². The van der Waals surface area contributed by atoms with Gasteiger partial charge in [-0.3, -0.25) is 0 Å². The number of piperidine rings is 1. The molecule has 0 spiro atoms. The first-order valence-electron chi connectivity index (χ1n) is 6.23. The standard InChI is InChI=1S/C11H9F12N/c12-6(10(18,19)20)7(8(13,14)11(21,22)23)24-3-1-5(2-4-24)9(15,16)17/h5H,1-4H2/b7-6+. The van der Waals surface area contributed by atoms with Crippen molar-refractivity contribution in [2.75, 3.05) is 13.1 Å². The third-order valence-corrected chi connectivity index (χ3v) is 3.38. The molecule has 0 atom stereocenters. The quantitative estimate of drug-likeness (QED) is 0.593. The summed E-state index contributed by atoms with van der Waals surface area (Å²) in [6.45, 7) is -2.45. The molecule has 24 heavy (non-hydrogen) atoms. The minimum atomic E-state index is -6.55. The maximum atomic E-state index is 13.3. The summed E-state index contributed by atoms with van der Waals surface area (Å²) in [5.74, 6) is -12.0. The second-order valence-corrected chi connectivity index (χ2v) is 5.04. The van der Waals surface area contributed by atoms with Gasteiger partial charge in [0.2, 0.25) is 5.83 Å². The Morgan fingerprint density at radius 1 is 0.750 bits per heavy atom.